The van der Waals surface area contributed by atoms with Crippen LogP contribution in [0.5, 0.6) is 0 Å². The van der Waals surface area contributed by atoms with Gasteiger partial charge in [-0.15, -0.1) is 0 Å². The smallest absolute Gasteiger partial charge is 0.291 e. The monoisotopic (exact) mass is 401 g/mol. The normalized spacial score (nSPS) is 15.1. The van der Waals surface area contributed by atoms with E-state index >= 15 is 0 Å². The van der Waals surface area contributed by atoms with Crippen molar-refractivity contribution in [2.75, 3.05) is 26.2 Å². The lowest BCUT2D eigenvalue weighted by molar-refractivity contribution is -0.133. The number of carbonyl (C=O) groups excluding carboxylic acids is 1. The highest BCUT2D eigenvalue weighted by atomic mass is 16.2. The van der Waals surface area contributed by atoms with E-state index in [0.29, 0.717) is 18.6 Å². The van der Waals surface area contributed by atoms with E-state index in [-0.39, 0.29) is 18.0 Å². The molecule has 4 aromatic rings. The van der Waals surface area contributed by atoms with Gasteiger partial charge in [0.2, 0.25) is 5.91 Å². The number of carbonyl (C=O) groups is 1. The van der Waals surface area contributed by atoms with Crippen LogP contribution in [0.2, 0.25) is 0 Å². The molecule has 0 radical (unpaired) electrons. The number of hydrogen-bond acceptors (Lipinski definition) is 4. The quantitative estimate of drug-likeness (QED) is 0.525. The third-order valence-corrected chi connectivity index (χ3v) is 5.77. The van der Waals surface area contributed by atoms with E-state index in [2.05, 4.69) is 22.1 Å². The van der Waals surface area contributed by atoms with Crippen LogP contribution in [0.3, 0.4) is 0 Å². The van der Waals surface area contributed by atoms with Gasteiger partial charge >= 0.3 is 0 Å². The van der Waals surface area contributed by atoms with Crippen molar-refractivity contribution in [2.45, 2.75) is 13.1 Å². The topological polar surface area (TPSA) is 62.9 Å². The van der Waals surface area contributed by atoms with Gasteiger partial charge in [-0.25, -0.2) is 4.68 Å². The van der Waals surface area contributed by atoms with Gasteiger partial charge < -0.3 is 4.90 Å². The molecule has 0 unspecified atom stereocenters. The molecule has 0 N–H and O–H groups in total. The molecule has 1 aliphatic heterocycles. The number of para-hydroxylation sites is 1. The summed E-state index contributed by atoms with van der Waals surface area (Å²) in [6.45, 7) is 3.84. The van der Waals surface area contributed by atoms with Crippen LogP contribution in [0.1, 0.15) is 5.56 Å². The van der Waals surface area contributed by atoms with Gasteiger partial charge in [-0.1, -0.05) is 48.5 Å². The molecule has 0 spiro atoms. The van der Waals surface area contributed by atoms with Gasteiger partial charge in [0.05, 0.1) is 5.52 Å². The fourth-order valence-electron chi connectivity index (χ4n) is 4.10. The molecule has 7 nitrogen and oxygen atoms in total. The first-order valence-electron chi connectivity index (χ1n) is 10.2. The van der Waals surface area contributed by atoms with Crippen molar-refractivity contribution in [3.05, 3.63) is 82.9 Å². The van der Waals surface area contributed by atoms with Gasteiger partial charge in [0.25, 0.3) is 5.56 Å². The van der Waals surface area contributed by atoms with E-state index in [1.807, 2.05) is 53.4 Å². The predicted octanol–water partition coefficient (Wildman–Crippen LogP) is 1.99. The van der Waals surface area contributed by atoms with E-state index in [9.17, 15) is 9.59 Å². The van der Waals surface area contributed by atoms with E-state index in [1.54, 1.807) is 10.7 Å². The van der Waals surface area contributed by atoms with Gasteiger partial charge in [0.15, 0.2) is 0 Å². The van der Waals surface area contributed by atoms with E-state index in [1.165, 1.54) is 10.2 Å². The minimum atomic E-state index is -0.246. The summed E-state index contributed by atoms with van der Waals surface area (Å²) in [6, 6.07) is 20.0. The molecular formula is C23H23N5O2. The molecule has 0 bridgehead atoms. The van der Waals surface area contributed by atoms with Crippen LogP contribution in [0.4, 0.5) is 0 Å². The number of aromatic nitrogens is 3. The Balaban J connectivity index is 1.27. The summed E-state index contributed by atoms with van der Waals surface area (Å²) in [6.07, 6.45) is 1.62. The second-order valence-electron chi connectivity index (χ2n) is 7.69. The summed E-state index contributed by atoms with van der Waals surface area (Å²) in [5, 5.41) is 5.23. The van der Waals surface area contributed by atoms with E-state index in [4.69, 9.17) is 0 Å². The molecule has 30 heavy (non-hydrogen) atoms. The summed E-state index contributed by atoms with van der Waals surface area (Å²) in [4.78, 5) is 29.8. The largest absolute Gasteiger partial charge is 0.339 e. The highest BCUT2D eigenvalue weighted by Gasteiger charge is 2.22. The van der Waals surface area contributed by atoms with Gasteiger partial charge in [0, 0.05) is 38.1 Å². The van der Waals surface area contributed by atoms with Crippen molar-refractivity contribution >= 4 is 22.3 Å². The van der Waals surface area contributed by atoms with Crippen LogP contribution in [-0.2, 0) is 17.9 Å². The molecule has 1 aliphatic rings. The molecule has 0 atom stereocenters. The molecule has 0 aliphatic carbocycles. The molecule has 5 rings (SSSR count). The van der Waals surface area contributed by atoms with Gasteiger partial charge in [-0.3, -0.25) is 18.9 Å². The Morgan fingerprint density at radius 3 is 2.43 bits per heavy atom. The average Bonchev–Trinajstić information content (AvgIpc) is 3.16. The first-order valence-corrected chi connectivity index (χ1v) is 10.2. The Morgan fingerprint density at radius 2 is 1.63 bits per heavy atom. The van der Waals surface area contributed by atoms with Gasteiger partial charge in [-0.2, -0.15) is 5.10 Å². The number of nitrogens with zero attached hydrogens (tertiary/aromatic N) is 5. The van der Waals surface area contributed by atoms with Crippen molar-refractivity contribution in [1.29, 1.82) is 0 Å². The summed E-state index contributed by atoms with van der Waals surface area (Å²) >= 11 is 0. The number of rotatable bonds is 4. The van der Waals surface area contributed by atoms with Crippen LogP contribution >= 0.6 is 0 Å². The Morgan fingerprint density at radius 1 is 0.900 bits per heavy atom. The van der Waals surface area contributed by atoms with Gasteiger partial charge in [-0.05, 0) is 17.7 Å². The van der Waals surface area contributed by atoms with Crippen molar-refractivity contribution in [3.63, 3.8) is 0 Å². The average molecular weight is 401 g/mol. The number of fused-ring (bicyclic) bond motifs is 3. The first-order chi connectivity index (χ1) is 14.7. The highest BCUT2D eigenvalue weighted by molar-refractivity contribution is 5.86. The van der Waals surface area contributed by atoms with Crippen molar-refractivity contribution in [3.8, 4) is 0 Å². The zero-order valence-electron chi connectivity index (χ0n) is 16.6. The lowest BCUT2D eigenvalue weighted by atomic mass is 10.2. The Labute approximate surface area is 173 Å². The number of hydrogen-bond donors (Lipinski definition) is 0. The van der Waals surface area contributed by atoms with Crippen LogP contribution in [0.15, 0.2) is 71.8 Å². The highest BCUT2D eigenvalue weighted by Crippen LogP contribution is 2.17. The molecular weight excluding hydrogens is 378 g/mol. The predicted molar refractivity (Wildman–Crippen MR) is 115 cm³/mol. The van der Waals surface area contributed by atoms with Crippen LogP contribution in [-0.4, -0.2) is 56.1 Å². The molecule has 3 heterocycles. The fourth-order valence-corrected chi connectivity index (χ4v) is 4.10. The summed E-state index contributed by atoms with van der Waals surface area (Å²) < 4.78 is 3.05. The summed E-state index contributed by atoms with van der Waals surface area (Å²) in [5.74, 6) is -0.0653. The molecule has 1 fully saturated rings. The molecule has 152 valence electrons. The third kappa shape index (κ3) is 3.48. The number of benzene rings is 2. The maximum atomic E-state index is 12.9. The second kappa shape index (κ2) is 7.76. The van der Waals surface area contributed by atoms with Crippen LogP contribution in [0, 0.1) is 0 Å². The SMILES string of the molecule is O=C(Cn1ncn2c(cc3ccccc32)c1=O)N1CCN(Cc2ccccc2)CC1. The summed E-state index contributed by atoms with van der Waals surface area (Å²) in [7, 11) is 0. The molecule has 1 saturated heterocycles. The second-order valence-corrected chi connectivity index (χ2v) is 7.69. The molecule has 0 saturated carbocycles. The van der Waals surface area contributed by atoms with E-state index < -0.39 is 0 Å². The minimum absolute atomic E-state index is 0.0322. The molecule has 2 aromatic carbocycles. The zero-order valence-corrected chi connectivity index (χ0v) is 16.6. The molecule has 1 amide bonds. The zero-order chi connectivity index (χ0) is 20.5. The maximum Gasteiger partial charge on any atom is 0.291 e. The minimum Gasteiger partial charge on any atom is -0.339 e. The van der Waals surface area contributed by atoms with Crippen LogP contribution in [0.25, 0.3) is 16.4 Å². The first kappa shape index (κ1) is 18.6. The standard InChI is InChI=1S/C23H23N5O2/c29-22(26-12-10-25(11-13-26)15-18-6-2-1-3-7-18)16-28-23(30)21-14-19-8-4-5-9-20(19)27(21)17-24-28/h1-9,14,17H,10-13,15-16H2. The molecule has 7 heteroatoms. The summed E-state index contributed by atoms with van der Waals surface area (Å²) in [5.41, 5.74) is 2.50. The third-order valence-electron chi connectivity index (χ3n) is 5.77. The Bertz CT molecular complexity index is 1250. The van der Waals surface area contributed by atoms with Crippen molar-refractivity contribution in [1.82, 2.24) is 24.0 Å². The number of amides is 1. The van der Waals surface area contributed by atoms with Gasteiger partial charge in [0.1, 0.15) is 18.4 Å². The Hall–Kier alpha value is -3.45. The van der Waals surface area contributed by atoms with E-state index in [0.717, 1.165) is 30.5 Å². The Kier molecular flexibility index (Phi) is 4.80. The van der Waals surface area contributed by atoms with Crippen molar-refractivity contribution in [2.24, 2.45) is 0 Å². The fraction of sp³-hybridized carbons (Fsp3) is 0.261. The van der Waals surface area contributed by atoms with Crippen LogP contribution < -0.4 is 5.56 Å². The number of piperazine rings is 1. The maximum absolute atomic E-state index is 12.9. The van der Waals surface area contributed by atoms with Crippen molar-refractivity contribution < 1.29 is 4.79 Å². The lowest BCUT2D eigenvalue weighted by Crippen LogP contribution is -2.49. The lowest BCUT2D eigenvalue weighted by Gasteiger charge is -2.34. The molecule has 2 aromatic heterocycles.